The monoisotopic (exact) mass is 353 g/mol. The smallest absolute Gasteiger partial charge is 0.335 e. The van der Waals surface area contributed by atoms with Crippen LogP contribution in [0.1, 0.15) is 10.4 Å². The molecule has 0 spiro atoms. The summed E-state index contributed by atoms with van der Waals surface area (Å²) >= 11 is 3.01. The van der Waals surface area contributed by atoms with Crippen LogP contribution in [0.3, 0.4) is 0 Å². The van der Waals surface area contributed by atoms with Crippen LogP contribution in [0, 0.1) is 0 Å². The highest BCUT2D eigenvalue weighted by atomic mass is 79.9. The molecule has 0 saturated carbocycles. The first-order valence-corrected chi connectivity index (χ1v) is 7.36. The summed E-state index contributed by atoms with van der Waals surface area (Å²) in [6.45, 7) is -1.15. The van der Waals surface area contributed by atoms with E-state index < -0.39 is 35.2 Å². The minimum Gasteiger partial charge on any atom is -0.478 e. The number of hydrogen-bond acceptors (Lipinski definition) is 5. The second kappa shape index (κ2) is 6.44. The summed E-state index contributed by atoms with van der Waals surface area (Å²) in [4.78, 5) is 10.5. The van der Waals surface area contributed by atoms with Crippen molar-refractivity contribution >= 4 is 31.9 Å². The maximum Gasteiger partial charge on any atom is 0.335 e. The number of carboxylic acids is 1. The number of benzene rings is 1. The van der Waals surface area contributed by atoms with Crippen molar-refractivity contribution in [3.63, 3.8) is 0 Å². The maximum absolute atomic E-state index is 12.0. The highest BCUT2D eigenvalue weighted by Crippen LogP contribution is 2.23. The average Bonchev–Trinajstić information content (AvgIpc) is 2.35. The van der Waals surface area contributed by atoms with E-state index in [1.807, 2.05) is 0 Å². The van der Waals surface area contributed by atoms with Gasteiger partial charge in [0.25, 0.3) is 0 Å². The van der Waals surface area contributed by atoms with Crippen molar-refractivity contribution in [1.82, 2.24) is 4.72 Å². The summed E-state index contributed by atoms with van der Waals surface area (Å²) in [6.07, 6.45) is 0. The minimum atomic E-state index is -4.05. The second-order valence-corrected chi connectivity index (χ2v) is 6.17. The largest absolute Gasteiger partial charge is 0.478 e. The first kappa shape index (κ1) is 16.1. The van der Waals surface area contributed by atoms with Crippen LogP contribution in [-0.2, 0) is 10.0 Å². The van der Waals surface area contributed by atoms with Crippen molar-refractivity contribution in [3.05, 3.63) is 28.2 Å². The van der Waals surface area contributed by atoms with E-state index in [1.165, 1.54) is 12.1 Å². The molecule has 7 nitrogen and oxygen atoms in total. The molecule has 1 rings (SSSR count). The molecule has 0 bridgehead atoms. The first-order chi connectivity index (χ1) is 8.81. The van der Waals surface area contributed by atoms with Crippen molar-refractivity contribution in [1.29, 1.82) is 0 Å². The van der Waals surface area contributed by atoms with Gasteiger partial charge in [-0.05, 0) is 34.1 Å². The predicted molar refractivity (Wildman–Crippen MR) is 69.4 cm³/mol. The van der Waals surface area contributed by atoms with Gasteiger partial charge in [0.2, 0.25) is 10.0 Å². The van der Waals surface area contributed by atoms with Crippen LogP contribution in [0.25, 0.3) is 0 Å². The quantitative estimate of drug-likeness (QED) is 0.560. The highest BCUT2D eigenvalue weighted by molar-refractivity contribution is 9.10. The Balaban J connectivity index is 3.20. The third-order valence-electron chi connectivity index (χ3n) is 2.23. The fourth-order valence-electron chi connectivity index (χ4n) is 1.26. The van der Waals surface area contributed by atoms with Gasteiger partial charge in [-0.15, -0.1) is 0 Å². The van der Waals surface area contributed by atoms with Gasteiger partial charge in [0.15, 0.2) is 0 Å². The molecular weight excluding hydrogens is 342 g/mol. The Bertz CT molecular complexity index is 569. The zero-order valence-electron chi connectivity index (χ0n) is 9.58. The molecule has 0 saturated heterocycles. The Labute approximate surface area is 118 Å². The van der Waals surface area contributed by atoms with Gasteiger partial charge in [-0.1, -0.05) is 0 Å². The minimum absolute atomic E-state index is 0.180. The van der Waals surface area contributed by atoms with Gasteiger partial charge in [0, 0.05) is 4.47 Å². The Kier molecular flexibility index (Phi) is 5.44. The summed E-state index contributed by atoms with van der Waals surface area (Å²) in [5.41, 5.74) is -0.187. The number of aromatic carboxylic acids is 1. The summed E-state index contributed by atoms with van der Waals surface area (Å²) in [7, 11) is -4.05. The highest BCUT2D eigenvalue weighted by Gasteiger charge is 2.23. The van der Waals surface area contributed by atoms with E-state index in [0.29, 0.717) is 0 Å². The van der Waals surface area contributed by atoms with Crippen molar-refractivity contribution in [2.75, 3.05) is 13.2 Å². The average molecular weight is 354 g/mol. The van der Waals surface area contributed by atoms with Crippen molar-refractivity contribution in [2.45, 2.75) is 10.9 Å². The molecule has 0 aromatic heterocycles. The molecule has 0 aliphatic heterocycles. The molecule has 0 unspecified atom stereocenters. The number of rotatable bonds is 6. The van der Waals surface area contributed by atoms with Crippen LogP contribution in [0.5, 0.6) is 0 Å². The predicted octanol–water partition coefficient (Wildman–Crippen LogP) is -0.221. The van der Waals surface area contributed by atoms with Gasteiger partial charge in [-0.2, -0.15) is 0 Å². The zero-order valence-corrected chi connectivity index (χ0v) is 12.0. The topological polar surface area (TPSA) is 124 Å². The van der Waals surface area contributed by atoms with Crippen LogP contribution >= 0.6 is 15.9 Å². The van der Waals surface area contributed by atoms with Gasteiger partial charge in [-0.25, -0.2) is 17.9 Å². The van der Waals surface area contributed by atoms with Crippen LogP contribution in [0.15, 0.2) is 27.6 Å². The van der Waals surface area contributed by atoms with E-state index in [2.05, 4.69) is 20.7 Å². The molecule has 1 aromatic carbocycles. The number of carboxylic acid groups (broad SMARTS) is 1. The summed E-state index contributed by atoms with van der Waals surface area (Å²) in [6, 6.07) is 2.48. The van der Waals surface area contributed by atoms with Gasteiger partial charge >= 0.3 is 5.97 Å². The molecule has 0 amide bonds. The molecule has 0 atom stereocenters. The molecule has 0 aliphatic carbocycles. The number of nitrogens with one attached hydrogen (secondary N) is 1. The fraction of sp³-hybridized carbons (Fsp3) is 0.300. The molecule has 4 N–H and O–H groups in total. The van der Waals surface area contributed by atoms with Gasteiger partial charge in [-0.3, -0.25) is 0 Å². The number of sulfonamides is 1. The normalized spacial score (nSPS) is 11.8. The lowest BCUT2D eigenvalue weighted by molar-refractivity contribution is 0.0696. The van der Waals surface area contributed by atoms with Crippen LogP contribution in [0.4, 0.5) is 0 Å². The standard InChI is InChI=1S/C10H12BrNO6S/c11-8-2-1-6(10(15)16)3-9(8)19(17,18)12-7(4-13)5-14/h1-3,7,12-14H,4-5H2,(H,15,16). The van der Waals surface area contributed by atoms with E-state index in [4.69, 9.17) is 15.3 Å². The Morgan fingerprint density at radius 2 is 1.89 bits per heavy atom. The Morgan fingerprint density at radius 1 is 1.32 bits per heavy atom. The Morgan fingerprint density at radius 3 is 2.37 bits per heavy atom. The van der Waals surface area contributed by atoms with Crippen molar-refractivity contribution < 1.29 is 28.5 Å². The first-order valence-electron chi connectivity index (χ1n) is 5.08. The van der Waals surface area contributed by atoms with E-state index in [-0.39, 0.29) is 14.9 Å². The third kappa shape index (κ3) is 3.98. The van der Waals surface area contributed by atoms with E-state index in [9.17, 15) is 13.2 Å². The molecule has 0 aliphatic rings. The van der Waals surface area contributed by atoms with E-state index in [0.717, 1.165) is 6.07 Å². The van der Waals surface area contributed by atoms with Crippen molar-refractivity contribution in [2.24, 2.45) is 0 Å². The molecule has 0 fully saturated rings. The van der Waals surface area contributed by atoms with Gasteiger partial charge < -0.3 is 15.3 Å². The van der Waals surface area contributed by atoms with Crippen molar-refractivity contribution in [3.8, 4) is 0 Å². The van der Waals surface area contributed by atoms with Gasteiger partial charge in [0.05, 0.1) is 29.7 Å². The lowest BCUT2D eigenvalue weighted by Gasteiger charge is -2.14. The number of aliphatic hydroxyl groups excluding tert-OH is 2. The molecule has 1 aromatic rings. The third-order valence-corrected chi connectivity index (χ3v) is 4.74. The SMILES string of the molecule is O=C(O)c1ccc(Br)c(S(=O)(=O)NC(CO)CO)c1. The number of aliphatic hydroxyl groups is 2. The maximum atomic E-state index is 12.0. The summed E-state index contributed by atoms with van der Waals surface area (Å²) in [5.74, 6) is -1.26. The molecular formula is C10H12BrNO6S. The van der Waals surface area contributed by atoms with Gasteiger partial charge in [0.1, 0.15) is 0 Å². The van der Waals surface area contributed by atoms with Crippen LogP contribution in [-0.4, -0.2) is 49.0 Å². The lowest BCUT2D eigenvalue weighted by Crippen LogP contribution is -2.40. The summed E-state index contributed by atoms with van der Waals surface area (Å²) < 4.78 is 26.2. The molecule has 106 valence electrons. The number of halogens is 1. The van der Waals surface area contributed by atoms with E-state index >= 15 is 0 Å². The molecule has 19 heavy (non-hydrogen) atoms. The zero-order chi connectivity index (χ0) is 14.6. The number of hydrogen-bond donors (Lipinski definition) is 4. The number of carbonyl (C=O) groups is 1. The molecule has 9 heteroatoms. The second-order valence-electron chi connectivity index (χ2n) is 3.63. The molecule has 0 radical (unpaired) electrons. The van der Waals surface area contributed by atoms with E-state index in [1.54, 1.807) is 0 Å². The van der Waals surface area contributed by atoms with Crippen LogP contribution in [0.2, 0.25) is 0 Å². The Hall–Kier alpha value is -1.00. The summed E-state index contributed by atoms with van der Waals surface area (Å²) in [5, 5.41) is 26.5. The molecule has 0 heterocycles. The fourth-order valence-corrected chi connectivity index (χ4v) is 3.47. The lowest BCUT2D eigenvalue weighted by atomic mass is 10.2. The van der Waals surface area contributed by atoms with Crippen LogP contribution < -0.4 is 4.72 Å².